The number of halogens is 1. The molecule has 0 aliphatic carbocycles. The Morgan fingerprint density at radius 3 is 2.96 bits per heavy atom. The fraction of sp³-hybridized carbons (Fsp3) is 0.333. The van der Waals surface area contributed by atoms with E-state index < -0.39 is 0 Å². The maximum atomic E-state index is 11.9. The molecule has 0 fully saturated rings. The van der Waals surface area contributed by atoms with Crippen LogP contribution in [0.5, 0.6) is 0 Å². The molecule has 1 aromatic heterocycles. The van der Waals surface area contributed by atoms with E-state index in [1.807, 2.05) is 38.1 Å². The van der Waals surface area contributed by atoms with E-state index in [-0.39, 0.29) is 5.91 Å². The molecule has 128 valence electrons. The summed E-state index contributed by atoms with van der Waals surface area (Å²) < 4.78 is 0.989. The molecule has 1 amide bonds. The predicted octanol–water partition coefficient (Wildman–Crippen LogP) is 2.97. The van der Waals surface area contributed by atoms with Crippen molar-refractivity contribution in [1.29, 1.82) is 0 Å². The largest absolute Gasteiger partial charge is 0.343 e. The Morgan fingerprint density at radius 1 is 1.46 bits per heavy atom. The summed E-state index contributed by atoms with van der Waals surface area (Å²) in [6.45, 7) is 5.34. The van der Waals surface area contributed by atoms with Crippen molar-refractivity contribution < 1.29 is 4.79 Å². The Labute approximate surface area is 153 Å². The Bertz CT molecular complexity index is 701. The molecular weight excluding hydrogens is 392 g/mol. The lowest BCUT2D eigenvalue weighted by Crippen LogP contribution is -2.31. The number of aromatic nitrogens is 3. The number of rotatable bonds is 8. The number of hydrazone groups is 1. The normalized spacial score (nSPS) is 11.0. The standard InChI is InChI=1S/C15H19BrN6OS/c1-3-22(4-2)13(23)10-24-15-18-14(20-21-15)19-17-9-11-6-5-7-12(16)8-11/h5-9H,3-4,10H2,1-2H3,(H2,18,19,20,21)/b17-9-. The van der Waals surface area contributed by atoms with Gasteiger partial charge in [-0.05, 0) is 31.5 Å². The molecule has 0 atom stereocenters. The van der Waals surface area contributed by atoms with Crippen molar-refractivity contribution >= 4 is 45.8 Å². The zero-order valence-electron chi connectivity index (χ0n) is 13.5. The molecule has 0 spiro atoms. The minimum atomic E-state index is 0.0805. The van der Waals surface area contributed by atoms with E-state index in [0.717, 1.165) is 10.0 Å². The lowest BCUT2D eigenvalue weighted by molar-refractivity contribution is -0.127. The molecule has 0 saturated heterocycles. The first-order valence-electron chi connectivity index (χ1n) is 7.50. The highest BCUT2D eigenvalue weighted by atomic mass is 79.9. The molecule has 0 unspecified atom stereocenters. The van der Waals surface area contributed by atoms with Crippen LogP contribution in [-0.4, -0.2) is 51.0 Å². The van der Waals surface area contributed by atoms with Crippen LogP contribution in [0.4, 0.5) is 5.95 Å². The average Bonchev–Trinajstić information content (AvgIpc) is 3.02. The van der Waals surface area contributed by atoms with Crippen LogP contribution in [0.1, 0.15) is 19.4 Å². The number of H-pyrrole nitrogens is 1. The first-order chi connectivity index (χ1) is 11.6. The van der Waals surface area contributed by atoms with Crippen molar-refractivity contribution in [3.8, 4) is 0 Å². The fourth-order valence-corrected chi connectivity index (χ4v) is 3.03. The third-order valence-corrected chi connectivity index (χ3v) is 4.46. The van der Waals surface area contributed by atoms with Crippen LogP contribution in [0.25, 0.3) is 0 Å². The Kier molecular flexibility index (Phi) is 7.26. The lowest BCUT2D eigenvalue weighted by Gasteiger charge is -2.17. The number of amides is 1. The number of hydrogen-bond donors (Lipinski definition) is 2. The molecular formula is C15H19BrN6OS. The summed E-state index contributed by atoms with van der Waals surface area (Å²) in [5.74, 6) is 0.830. The third-order valence-electron chi connectivity index (χ3n) is 3.14. The van der Waals surface area contributed by atoms with Gasteiger partial charge in [-0.3, -0.25) is 4.79 Å². The highest BCUT2D eigenvalue weighted by Gasteiger charge is 2.11. The lowest BCUT2D eigenvalue weighted by atomic mass is 10.2. The molecule has 0 saturated carbocycles. The fourth-order valence-electron chi connectivity index (χ4n) is 1.91. The van der Waals surface area contributed by atoms with Gasteiger partial charge in [-0.15, -0.1) is 5.10 Å². The number of nitrogens with one attached hydrogen (secondary N) is 2. The minimum absolute atomic E-state index is 0.0805. The highest BCUT2D eigenvalue weighted by Crippen LogP contribution is 2.15. The van der Waals surface area contributed by atoms with Crippen molar-refractivity contribution in [1.82, 2.24) is 20.1 Å². The quantitative estimate of drug-likeness (QED) is 0.396. The number of anilines is 1. The molecule has 1 aromatic carbocycles. The van der Waals surface area contributed by atoms with Crippen LogP contribution in [0.3, 0.4) is 0 Å². The Hall–Kier alpha value is -1.87. The number of thioether (sulfide) groups is 1. The van der Waals surface area contributed by atoms with Gasteiger partial charge < -0.3 is 4.90 Å². The van der Waals surface area contributed by atoms with Crippen LogP contribution in [0.2, 0.25) is 0 Å². The monoisotopic (exact) mass is 410 g/mol. The van der Waals surface area contributed by atoms with Crippen LogP contribution < -0.4 is 5.43 Å². The van der Waals surface area contributed by atoms with Crippen molar-refractivity contribution in [2.45, 2.75) is 19.0 Å². The second-order valence-electron chi connectivity index (χ2n) is 4.75. The molecule has 1 heterocycles. The number of nitrogens with zero attached hydrogens (tertiary/aromatic N) is 4. The van der Waals surface area contributed by atoms with E-state index in [2.05, 4.69) is 41.6 Å². The maximum Gasteiger partial charge on any atom is 0.240 e. The summed E-state index contributed by atoms with van der Waals surface area (Å²) >= 11 is 4.70. The second kappa shape index (κ2) is 9.43. The molecule has 24 heavy (non-hydrogen) atoms. The molecule has 2 rings (SSSR count). The molecule has 2 N–H and O–H groups in total. The van der Waals surface area contributed by atoms with E-state index >= 15 is 0 Å². The van der Waals surface area contributed by atoms with Gasteiger partial charge in [0.05, 0.1) is 12.0 Å². The maximum absolute atomic E-state index is 11.9. The summed E-state index contributed by atoms with van der Waals surface area (Å²) in [5, 5.41) is 11.4. The van der Waals surface area contributed by atoms with Gasteiger partial charge in [0.15, 0.2) is 0 Å². The van der Waals surface area contributed by atoms with Crippen LogP contribution in [0, 0.1) is 0 Å². The summed E-state index contributed by atoms with van der Waals surface area (Å²) in [5.41, 5.74) is 3.74. The van der Waals surface area contributed by atoms with Gasteiger partial charge >= 0.3 is 0 Å². The topological polar surface area (TPSA) is 86.3 Å². The summed E-state index contributed by atoms with van der Waals surface area (Å²) in [4.78, 5) is 18.0. The van der Waals surface area contributed by atoms with Crippen molar-refractivity contribution in [2.75, 3.05) is 24.3 Å². The third kappa shape index (κ3) is 5.64. The SMILES string of the molecule is CCN(CC)C(=O)CSc1n[nH]c(N/N=C\c2cccc(Br)c2)n1. The van der Waals surface area contributed by atoms with Gasteiger partial charge in [0, 0.05) is 17.6 Å². The molecule has 0 aliphatic heterocycles. The zero-order valence-corrected chi connectivity index (χ0v) is 15.9. The molecule has 0 radical (unpaired) electrons. The van der Waals surface area contributed by atoms with Gasteiger partial charge in [-0.25, -0.2) is 10.5 Å². The summed E-state index contributed by atoms with van der Waals surface area (Å²) in [7, 11) is 0. The van der Waals surface area contributed by atoms with Crippen LogP contribution >= 0.6 is 27.7 Å². The van der Waals surface area contributed by atoms with Gasteiger partial charge in [0.1, 0.15) is 0 Å². The van der Waals surface area contributed by atoms with E-state index in [4.69, 9.17) is 0 Å². The van der Waals surface area contributed by atoms with E-state index in [9.17, 15) is 4.79 Å². The molecule has 9 heteroatoms. The van der Waals surface area contributed by atoms with Crippen molar-refractivity contribution in [2.24, 2.45) is 5.10 Å². The van der Waals surface area contributed by atoms with Gasteiger partial charge in [0.2, 0.25) is 17.0 Å². The Morgan fingerprint density at radius 2 is 2.25 bits per heavy atom. The average molecular weight is 411 g/mol. The molecule has 0 aliphatic rings. The number of hydrogen-bond acceptors (Lipinski definition) is 6. The van der Waals surface area contributed by atoms with Gasteiger partial charge in [0.25, 0.3) is 0 Å². The van der Waals surface area contributed by atoms with Crippen molar-refractivity contribution in [3.05, 3.63) is 34.3 Å². The number of carbonyl (C=O) groups is 1. The molecule has 0 bridgehead atoms. The number of benzene rings is 1. The van der Waals surface area contributed by atoms with Gasteiger partial charge in [-0.2, -0.15) is 10.1 Å². The van der Waals surface area contributed by atoms with Gasteiger partial charge in [-0.1, -0.05) is 39.8 Å². The summed E-state index contributed by atoms with van der Waals surface area (Å²) in [6, 6.07) is 7.77. The molecule has 7 nitrogen and oxygen atoms in total. The van der Waals surface area contributed by atoms with E-state index in [1.54, 1.807) is 11.1 Å². The molecule has 2 aromatic rings. The second-order valence-corrected chi connectivity index (χ2v) is 6.60. The first-order valence-corrected chi connectivity index (χ1v) is 9.27. The highest BCUT2D eigenvalue weighted by molar-refractivity contribution is 9.10. The van der Waals surface area contributed by atoms with Crippen LogP contribution in [0.15, 0.2) is 39.0 Å². The Balaban J connectivity index is 1.83. The smallest absolute Gasteiger partial charge is 0.240 e. The predicted molar refractivity (Wildman–Crippen MR) is 100 cm³/mol. The first kappa shape index (κ1) is 18.5. The number of aromatic amines is 1. The minimum Gasteiger partial charge on any atom is -0.343 e. The zero-order chi connectivity index (χ0) is 17.4. The van der Waals surface area contributed by atoms with Crippen molar-refractivity contribution in [3.63, 3.8) is 0 Å². The van der Waals surface area contributed by atoms with E-state index in [1.165, 1.54) is 11.8 Å². The number of carbonyl (C=O) groups excluding carboxylic acids is 1. The van der Waals surface area contributed by atoms with E-state index in [0.29, 0.717) is 29.9 Å². The summed E-state index contributed by atoms with van der Waals surface area (Å²) in [6.07, 6.45) is 1.68. The van der Waals surface area contributed by atoms with Crippen LogP contribution in [-0.2, 0) is 4.79 Å².